The maximum absolute atomic E-state index is 4.23. The van der Waals surface area contributed by atoms with Gasteiger partial charge in [-0.3, -0.25) is 0 Å². The summed E-state index contributed by atoms with van der Waals surface area (Å²) in [4.78, 5) is 4.23. The first kappa shape index (κ1) is 9.21. The molecule has 2 aromatic rings. The van der Waals surface area contributed by atoms with Crippen molar-refractivity contribution in [2.45, 2.75) is 6.42 Å². The van der Waals surface area contributed by atoms with E-state index < -0.39 is 0 Å². The first-order valence-corrected chi connectivity index (χ1v) is 5.40. The Kier molecular flexibility index (Phi) is 2.03. The second kappa shape index (κ2) is 3.52. The molecule has 0 saturated heterocycles. The Balaban J connectivity index is 2.03. The standard InChI is InChI=1S/C13H13N3/c1-2-11-8-16(9-15-11)12-3-4-13-10(7-12)5-6-14-13/h2-4,7-9,14H,1,5-6H2. The summed E-state index contributed by atoms with van der Waals surface area (Å²) in [5.41, 5.74) is 4.70. The van der Waals surface area contributed by atoms with Crippen LogP contribution < -0.4 is 5.32 Å². The molecule has 0 radical (unpaired) electrons. The molecule has 1 N–H and O–H groups in total. The highest BCUT2D eigenvalue weighted by atomic mass is 15.0. The molecule has 0 unspecified atom stereocenters. The summed E-state index contributed by atoms with van der Waals surface area (Å²) in [7, 11) is 0. The number of hydrogen-bond acceptors (Lipinski definition) is 2. The Hall–Kier alpha value is -2.03. The van der Waals surface area contributed by atoms with E-state index in [0.717, 1.165) is 24.3 Å². The molecule has 0 amide bonds. The highest BCUT2D eigenvalue weighted by molar-refractivity contribution is 5.59. The minimum absolute atomic E-state index is 0.902. The second-order valence-corrected chi connectivity index (χ2v) is 3.93. The van der Waals surface area contributed by atoms with Crippen LogP contribution in [0.1, 0.15) is 11.3 Å². The van der Waals surface area contributed by atoms with Gasteiger partial charge in [0.25, 0.3) is 0 Å². The molecule has 80 valence electrons. The van der Waals surface area contributed by atoms with E-state index in [1.165, 1.54) is 11.3 Å². The van der Waals surface area contributed by atoms with Gasteiger partial charge in [-0.15, -0.1) is 0 Å². The topological polar surface area (TPSA) is 29.9 Å². The van der Waals surface area contributed by atoms with Gasteiger partial charge in [0, 0.05) is 24.1 Å². The Morgan fingerprint density at radius 3 is 3.19 bits per heavy atom. The first-order valence-electron chi connectivity index (χ1n) is 5.40. The zero-order valence-corrected chi connectivity index (χ0v) is 8.98. The number of nitrogens with zero attached hydrogens (tertiary/aromatic N) is 2. The van der Waals surface area contributed by atoms with E-state index in [1.54, 1.807) is 6.08 Å². The number of imidazole rings is 1. The molecule has 16 heavy (non-hydrogen) atoms. The third-order valence-corrected chi connectivity index (χ3v) is 2.91. The molecular weight excluding hydrogens is 198 g/mol. The van der Waals surface area contributed by atoms with Crippen molar-refractivity contribution >= 4 is 11.8 Å². The fourth-order valence-electron chi connectivity index (χ4n) is 2.04. The number of benzene rings is 1. The molecule has 0 bridgehead atoms. The molecule has 0 saturated carbocycles. The molecule has 0 fully saturated rings. The normalized spacial score (nSPS) is 13.2. The van der Waals surface area contributed by atoms with Gasteiger partial charge in [0.1, 0.15) is 0 Å². The molecule has 2 heterocycles. The Morgan fingerprint density at radius 1 is 1.44 bits per heavy atom. The predicted octanol–water partition coefficient (Wildman–Crippen LogP) is 2.48. The molecule has 0 aliphatic carbocycles. The highest BCUT2D eigenvalue weighted by Gasteiger charge is 2.10. The lowest BCUT2D eigenvalue weighted by molar-refractivity contribution is 1.04. The Morgan fingerprint density at radius 2 is 2.38 bits per heavy atom. The number of fused-ring (bicyclic) bond motifs is 1. The number of rotatable bonds is 2. The number of anilines is 1. The van der Waals surface area contributed by atoms with Gasteiger partial charge in [0.15, 0.2) is 0 Å². The Bertz CT molecular complexity index is 540. The van der Waals surface area contributed by atoms with Gasteiger partial charge in [-0.2, -0.15) is 0 Å². The van der Waals surface area contributed by atoms with E-state index in [-0.39, 0.29) is 0 Å². The zero-order chi connectivity index (χ0) is 11.0. The SMILES string of the molecule is C=Cc1cn(-c2ccc3c(c2)CCN3)cn1. The van der Waals surface area contributed by atoms with Gasteiger partial charge >= 0.3 is 0 Å². The van der Waals surface area contributed by atoms with Gasteiger partial charge < -0.3 is 9.88 Å². The van der Waals surface area contributed by atoms with Gasteiger partial charge in [0.05, 0.1) is 12.0 Å². The van der Waals surface area contributed by atoms with E-state index in [0.29, 0.717) is 0 Å². The van der Waals surface area contributed by atoms with Crippen LogP contribution in [0.15, 0.2) is 37.3 Å². The lowest BCUT2D eigenvalue weighted by Gasteiger charge is -2.04. The smallest absolute Gasteiger partial charge is 0.0999 e. The largest absolute Gasteiger partial charge is 0.384 e. The molecular formula is C13H13N3. The van der Waals surface area contributed by atoms with Crippen molar-refractivity contribution in [1.82, 2.24) is 9.55 Å². The molecule has 1 aromatic heterocycles. The third-order valence-electron chi connectivity index (χ3n) is 2.91. The fourth-order valence-corrected chi connectivity index (χ4v) is 2.04. The minimum Gasteiger partial charge on any atom is -0.384 e. The van der Waals surface area contributed by atoms with Crippen LogP contribution in [0, 0.1) is 0 Å². The van der Waals surface area contributed by atoms with Crippen molar-refractivity contribution in [2.24, 2.45) is 0 Å². The lowest BCUT2D eigenvalue weighted by Crippen LogP contribution is -1.91. The summed E-state index contributed by atoms with van der Waals surface area (Å²) in [5, 5.41) is 3.35. The summed E-state index contributed by atoms with van der Waals surface area (Å²) in [5.74, 6) is 0. The fraction of sp³-hybridized carbons (Fsp3) is 0.154. The van der Waals surface area contributed by atoms with Crippen LogP contribution in [0.4, 0.5) is 5.69 Å². The average Bonchev–Trinajstić information content (AvgIpc) is 2.96. The average molecular weight is 211 g/mol. The van der Waals surface area contributed by atoms with Crippen LogP contribution in [0.3, 0.4) is 0 Å². The van der Waals surface area contributed by atoms with Crippen LogP contribution in [-0.4, -0.2) is 16.1 Å². The molecule has 3 heteroatoms. The van der Waals surface area contributed by atoms with Crippen LogP contribution in [-0.2, 0) is 6.42 Å². The maximum Gasteiger partial charge on any atom is 0.0999 e. The highest BCUT2D eigenvalue weighted by Crippen LogP contribution is 2.24. The van der Waals surface area contributed by atoms with Gasteiger partial charge in [-0.05, 0) is 36.3 Å². The molecule has 3 nitrogen and oxygen atoms in total. The monoisotopic (exact) mass is 211 g/mol. The molecule has 0 atom stereocenters. The van der Waals surface area contributed by atoms with E-state index in [2.05, 4.69) is 35.1 Å². The zero-order valence-electron chi connectivity index (χ0n) is 8.98. The lowest BCUT2D eigenvalue weighted by atomic mass is 10.1. The van der Waals surface area contributed by atoms with Crippen molar-refractivity contribution in [2.75, 3.05) is 11.9 Å². The van der Waals surface area contributed by atoms with E-state index in [1.807, 2.05) is 17.1 Å². The van der Waals surface area contributed by atoms with Crippen molar-refractivity contribution in [3.63, 3.8) is 0 Å². The molecule has 1 aliphatic rings. The molecule has 0 spiro atoms. The predicted molar refractivity (Wildman–Crippen MR) is 65.8 cm³/mol. The summed E-state index contributed by atoms with van der Waals surface area (Å²) in [6.45, 7) is 4.75. The van der Waals surface area contributed by atoms with Crippen molar-refractivity contribution in [1.29, 1.82) is 0 Å². The molecule has 3 rings (SSSR count). The van der Waals surface area contributed by atoms with Crippen LogP contribution >= 0.6 is 0 Å². The van der Waals surface area contributed by atoms with E-state index in [9.17, 15) is 0 Å². The van der Waals surface area contributed by atoms with E-state index >= 15 is 0 Å². The summed E-state index contributed by atoms with van der Waals surface area (Å²) in [6, 6.07) is 6.45. The van der Waals surface area contributed by atoms with Gasteiger partial charge in [0.2, 0.25) is 0 Å². The van der Waals surface area contributed by atoms with Crippen molar-refractivity contribution in [3.05, 3.63) is 48.6 Å². The van der Waals surface area contributed by atoms with Crippen LogP contribution in [0.2, 0.25) is 0 Å². The third kappa shape index (κ3) is 1.41. The van der Waals surface area contributed by atoms with Gasteiger partial charge in [-0.1, -0.05) is 6.58 Å². The number of hydrogen-bond donors (Lipinski definition) is 1. The summed E-state index contributed by atoms with van der Waals surface area (Å²) < 4.78 is 2.02. The quantitative estimate of drug-likeness (QED) is 0.827. The first-order chi connectivity index (χ1) is 7.86. The van der Waals surface area contributed by atoms with Crippen molar-refractivity contribution < 1.29 is 0 Å². The summed E-state index contributed by atoms with van der Waals surface area (Å²) >= 11 is 0. The van der Waals surface area contributed by atoms with Crippen LogP contribution in [0.5, 0.6) is 0 Å². The van der Waals surface area contributed by atoms with Crippen molar-refractivity contribution in [3.8, 4) is 5.69 Å². The number of aromatic nitrogens is 2. The second-order valence-electron chi connectivity index (χ2n) is 3.93. The molecule has 1 aromatic carbocycles. The van der Waals surface area contributed by atoms with Crippen LogP contribution in [0.25, 0.3) is 11.8 Å². The maximum atomic E-state index is 4.23. The molecule has 1 aliphatic heterocycles. The summed E-state index contributed by atoms with van der Waals surface area (Å²) in [6.07, 6.45) is 6.66. The number of nitrogens with one attached hydrogen (secondary N) is 1. The van der Waals surface area contributed by atoms with E-state index in [4.69, 9.17) is 0 Å². The minimum atomic E-state index is 0.902. The Labute approximate surface area is 94.4 Å². The van der Waals surface area contributed by atoms with Gasteiger partial charge in [-0.25, -0.2) is 4.98 Å².